The van der Waals surface area contributed by atoms with Gasteiger partial charge in [0.25, 0.3) is 0 Å². The van der Waals surface area contributed by atoms with Crippen molar-refractivity contribution in [3.05, 3.63) is 42.4 Å². The summed E-state index contributed by atoms with van der Waals surface area (Å²) in [5, 5.41) is 7.00. The second-order valence-electron chi connectivity index (χ2n) is 5.50. The number of morpholine rings is 1. The Bertz CT molecular complexity index is 620. The van der Waals surface area contributed by atoms with Gasteiger partial charge in [-0.1, -0.05) is 6.07 Å². The van der Waals surface area contributed by atoms with Gasteiger partial charge in [-0.2, -0.15) is 5.10 Å². The number of hydrogen-bond acceptors (Lipinski definition) is 5. The van der Waals surface area contributed by atoms with E-state index < -0.39 is 0 Å². The van der Waals surface area contributed by atoms with Gasteiger partial charge >= 0.3 is 0 Å². The second kappa shape index (κ2) is 7.23. The van der Waals surface area contributed by atoms with Crippen LogP contribution in [0.25, 0.3) is 0 Å². The SMILES string of the molecule is CC(C(=O)NCc1ccc(N2CCOCC2)nc1)n1cccn1. The van der Waals surface area contributed by atoms with Crippen LogP contribution in [0.15, 0.2) is 36.8 Å². The van der Waals surface area contributed by atoms with Crippen LogP contribution in [-0.4, -0.2) is 47.0 Å². The Labute approximate surface area is 135 Å². The molecule has 0 saturated carbocycles. The fourth-order valence-corrected chi connectivity index (χ4v) is 2.47. The van der Waals surface area contributed by atoms with Gasteiger partial charge in [0.15, 0.2) is 0 Å². The van der Waals surface area contributed by atoms with Gasteiger partial charge in [0.2, 0.25) is 5.91 Å². The molecule has 0 aliphatic carbocycles. The lowest BCUT2D eigenvalue weighted by Gasteiger charge is -2.27. The first-order chi connectivity index (χ1) is 11.2. The average molecular weight is 315 g/mol. The fourth-order valence-electron chi connectivity index (χ4n) is 2.47. The first-order valence-corrected chi connectivity index (χ1v) is 7.78. The molecule has 1 N–H and O–H groups in total. The molecule has 1 saturated heterocycles. The average Bonchev–Trinajstić information content (AvgIpc) is 3.15. The predicted molar refractivity (Wildman–Crippen MR) is 86.1 cm³/mol. The molecule has 1 aliphatic heterocycles. The van der Waals surface area contributed by atoms with E-state index in [4.69, 9.17) is 4.74 Å². The molecule has 1 atom stereocenters. The summed E-state index contributed by atoms with van der Waals surface area (Å²) >= 11 is 0. The summed E-state index contributed by atoms with van der Waals surface area (Å²) in [6.07, 6.45) is 5.25. The third-order valence-electron chi connectivity index (χ3n) is 3.91. The van der Waals surface area contributed by atoms with Crippen molar-refractivity contribution in [3.63, 3.8) is 0 Å². The van der Waals surface area contributed by atoms with Crippen molar-refractivity contribution in [2.75, 3.05) is 31.2 Å². The van der Waals surface area contributed by atoms with Gasteiger partial charge in [-0.05, 0) is 24.6 Å². The summed E-state index contributed by atoms with van der Waals surface area (Å²) in [5.41, 5.74) is 0.975. The molecule has 23 heavy (non-hydrogen) atoms. The molecule has 1 unspecified atom stereocenters. The molecular formula is C16H21N5O2. The van der Waals surface area contributed by atoms with Gasteiger partial charge in [-0.15, -0.1) is 0 Å². The topological polar surface area (TPSA) is 72.3 Å². The third-order valence-corrected chi connectivity index (χ3v) is 3.91. The molecule has 1 fully saturated rings. The minimum atomic E-state index is -0.328. The van der Waals surface area contributed by atoms with Gasteiger partial charge in [-0.25, -0.2) is 4.98 Å². The maximum absolute atomic E-state index is 12.1. The standard InChI is InChI=1S/C16H21N5O2/c1-13(21-6-2-5-19-21)16(22)18-12-14-3-4-15(17-11-14)20-7-9-23-10-8-20/h2-6,11,13H,7-10,12H2,1H3,(H,18,22). The van der Waals surface area contributed by atoms with E-state index in [0.717, 1.165) is 37.7 Å². The van der Waals surface area contributed by atoms with Crippen LogP contribution in [0.1, 0.15) is 18.5 Å². The molecule has 1 aliphatic rings. The van der Waals surface area contributed by atoms with E-state index in [0.29, 0.717) is 6.54 Å². The zero-order valence-corrected chi connectivity index (χ0v) is 13.2. The lowest BCUT2D eigenvalue weighted by atomic mass is 10.2. The highest BCUT2D eigenvalue weighted by Crippen LogP contribution is 2.13. The Balaban J connectivity index is 1.53. The Morgan fingerprint density at radius 3 is 2.87 bits per heavy atom. The number of anilines is 1. The van der Waals surface area contributed by atoms with Crippen molar-refractivity contribution < 1.29 is 9.53 Å². The van der Waals surface area contributed by atoms with E-state index in [1.807, 2.05) is 25.3 Å². The zero-order chi connectivity index (χ0) is 16.1. The number of rotatable bonds is 5. The molecule has 0 radical (unpaired) electrons. The van der Waals surface area contributed by atoms with E-state index in [1.54, 1.807) is 23.1 Å². The maximum atomic E-state index is 12.1. The lowest BCUT2D eigenvalue weighted by Crippen LogP contribution is -2.36. The molecule has 2 aromatic rings. The molecule has 0 aromatic carbocycles. The minimum absolute atomic E-state index is 0.0639. The van der Waals surface area contributed by atoms with E-state index >= 15 is 0 Å². The largest absolute Gasteiger partial charge is 0.378 e. The highest BCUT2D eigenvalue weighted by atomic mass is 16.5. The molecule has 122 valence electrons. The first kappa shape index (κ1) is 15.5. The number of pyridine rings is 1. The van der Waals surface area contributed by atoms with Crippen molar-refractivity contribution >= 4 is 11.7 Å². The molecule has 3 rings (SSSR count). The zero-order valence-electron chi connectivity index (χ0n) is 13.2. The Morgan fingerprint density at radius 2 is 2.22 bits per heavy atom. The number of carbonyl (C=O) groups is 1. The highest BCUT2D eigenvalue weighted by molar-refractivity contribution is 5.79. The Hall–Kier alpha value is -2.41. The van der Waals surface area contributed by atoms with Gasteiger partial charge in [0, 0.05) is 38.2 Å². The summed E-state index contributed by atoms with van der Waals surface area (Å²) in [4.78, 5) is 18.8. The molecule has 7 heteroatoms. The van der Waals surface area contributed by atoms with Crippen LogP contribution in [0.2, 0.25) is 0 Å². The van der Waals surface area contributed by atoms with Crippen LogP contribution in [0.3, 0.4) is 0 Å². The predicted octanol–water partition coefficient (Wildman–Crippen LogP) is 0.992. The van der Waals surface area contributed by atoms with Crippen molar-refractivity contribution in [1.82, 2.24) is 20.1 Å². The van der Waals surface area contributed by atoms with Crippen molar-refractivity contribution in [2.45, 2.75) is 19.5 Å². The van der Waals surface area contributed by atoms with E-state index in [2.05, 4.69) is 20.3 Å². The number of nitrogens with one attached hydrogen (secondary N) is 1. The monoisotopic (exact) mass is 315 g/mol. The van der Waals surface area contributed by atoms with E-state index in [-0.39, 0.29) is 11.9 Å². The lowest BCUT2D eigenvalue weighted by molar-refractivity contribution is -0.124. The van der Waals surface area contributed by atoms with Crippen molar-refractivity contribution in [1.29, 1.82) is 0 Å². The van der Waals surface area contributed by atoms with Crippen LogP contribution in [0.4, 0.5) is 5.82 Å². The Kier molecular flexibility index (Phi) is 4.87. The molecule has 0 bridgehead atoms. The first-order valence-electron chi connectivity index (χ1n) is 7.78. The number of aromatic nitrogens is 3. The number of ether oxygens (including phenoxy) is 1. The van der Waals surface area contributed by atoms with Gasteiger partial charge < -0.3 is 15.0 Å². The summed E-state index contributed by atoms with van der Waals surface area (Å²) in [6.45, 7) is 5.49. The minimum Gasteiger partial charge on any atom is -0.378 e. The van der Waals surface area contributed by atoms with Crippen LogP contribution in [-0.2, 0) is 16.1 Å². The van der Waals surface area contributed by atoms with Gasteiger partial charge in [0.05, 0.1) is 13.2 Å². The summed E-state index contributed by atoms with van der Waals surface area (Å²) in [6, 6.07) is 5.46. The highest BCUT2D eigenvalue weighted by Gasteiger charge is 2.15. The quantitative estimate of drug-likeness (QED) is 0.891. The Morgan fingerprint density at radius 1 is 1.39 bits per heavy atom. The summed E-state index contributed by atoms with van der Waals surface area (Å²) in [5.74, 6) is 0.888. The fraction of sp³-hybridized carbons (Fsp3) is 0.438. The molecular weight excluding hydrogens is 294 g/mol. The van der Waals surface area contributed by atoms with Crippen molar-refractivity contribution in [2.24, 2.45) is 0 Å². The molecule has 1 amide bonds. The number of amides is 1. The van der Waals surface area contributed by atoms with Crippen LogP contribution in [0.5, 0.6) is 0 Å². The van der Waals surface area contributed by atoms with Crippen LogP contribution < -0.4 is 10.2 Å². The van der Waals surface area contributed by atoms with Gasteiger partial charge in [-0.3, -0.25) is 9.48 Å². The van der Waals surface area contributed by atoms with E-state index in [9.17, 15) is 4.79 Å². The number of nitrogens with zero attached hydrogens (tertiary/aromatic N) is 4. The van der Waals surface area contributed by atoms with Crippen molar-refractivity contribution in [3.8, 4) is 0 Å². The van der Waals surface area contributed by atoms with Crippen LogP contribution in [0, 0.1) is 0 Å². The molecule has 7 nitrogen and oxygen atoms in total. The van der Waals surface area contributed by atoms with E-state index in [1.165, 1.54) is 0 Å². The number of hydrogen-bond donors (Lipinski definition) is 1. The second-order valence-corrected chi connectivity index (χ2v) is 5.50. The van der Waals surface area contributed by atoms with Gasteiger partial charge in [0.1, 0.15) is 11.9 Å². The smallest absolute Gasteiger partial charge is 0.244 e. The normalized spacial score (nSPS) is 16.1. The number of carbonyl (C=O) groups excluding carboxylic acids is 1. The molecule has 0 spiro atoms. The molecule has 3 heterocycles. The molecule has 2 aromatic heterocycles. The third kappa shape index (κ3) is 3.87. The maximum Gasteiger partial charge on any atom is 0.244 e. The van der Waals surface area contributed by atoms with Crippen LogP contribution >= 0.6 is 0 Å². The summed E-state index contributed by atoms with van der Waals surface area (Å²) < 4.78 is 6.97. The summed E-state index contributed by atoms with van der Waals surface area (Å²) in [7, 11) is 0.